The number of carbonyl (C=O) groups excluding carboxylic acids is 2. The monoisotopic (exact) mass is 641 g/mol. The van der Waals surface area contributed by atoms with E-state index in [0.29, 0.717) is 63.2 Å². The van der Waals surface area contributed by atoms with Gasteiger partial charge in [0.05, 0.1) is 44.2 Å². The van der Waals surface area contributed by atoms with E-state index in [9.17, 15) is 14.7 Å². The third-order valence-corrected chi connectivity index (χ3v) is 10.7. The summed E-state index contributed by atoms with van der Waals surface area (Å²) < 4.78 is 13.2. The molecule has 0 atom stereocenters. The van der Waals surface area contributed by atoms with Crippen molar-refractivity contribution in [3.63, 3.8) is 0 Å². The van der Waals surface area contributed by atoms with E-state index in [1.165, 1.54) is 17.7 Å². The molecule has 4 aliphatic rings. The second-order valence-corrected chi connectivity index (χ2v) is 14.1. The topological polar surface area (TPSA) is 110 Å². The molecule has 1 aromatic carbocycles. The number of methoxy groups -OCH3 is 1. The first kappa shape index (κ1) is 31.7. The van der Waals surface area contributed by atoms with Crippen molar-refractivity contribution in [3.05, 3.63) is 60.2 Å². The van der Waals surface area contributed by atoms with E-state index in [2.05, 4.69) is 46.3 Å². The van der Waals surface area contributed by atoms with Gasteiger partial charge in [0.25, 0.3) is 0 Å². The number of ether oxygens (including phenoxy) is 2. The minimum Gasteiger partial charge on any atom is -0.495 e. The van der Waals surface area contributed by atoms with Crippen molar-refractivity contribution in [3.8, 4) is 16.9 Å². The van der Waals surface area contributed by atoms with Crippen LogP contribution in [0, 0.1) is 18.8 Å². The lowest BCUT2D eigenvalue weighted by molar-refractivity contribution is -0.124. The molecule has 47 heavy (non-hydrogen) atoms. The van der Waals surface area contributed by atoms with Crippen LogP contribution in [0.5, 0.6) is 5.75 Å². The van der Waals surface area contributed by atoms with Gasteiger partial charge in [0.2, 0.25) is 5.91 Å². The molecule has 0 spiro atoms. The van der Waals surface area contributed by atoms with Crippen molar-refractivity contribution in [1.82, 2.24) is 19.7 Å². The smallest absolute Gasteiger partial charge is 0.410 e. The number of nitrogens with zero attached hydrogens (tertiary/aromatic N) is 5. The van der Waals surface area contributed by atoms with Crippen LogP contribution < -0.4 is 9.64 Å². The molecule has 0 unspecified atom stereocenters. The number of pyridine rings is 1. The lowest BCUT2D eigenvalue weighted by Gasteiger charge is -2.38. The van der Waals surface area contributed by atoms with E-state index in [0.717, 1.165) is 59.6 Å². The Balaban J connectivity index is 1.04. The Labute approximate surface area is 277 Å². The van der Waals surface area contributed by atoms with Crippen molar-refractivity contribution >= 4 is 17.7 Å². The Morgan fingerprint density at radius 1 is 0.957 bits per heavy atom. The van der Waals surface area contributed by atoms with Gasteiger partial charge in [-0.05, 0) is 107 Å². The predicted octanol–water partition coefficient (Wildman–Crippen LogP) is 6.28. The SMILES string of the molecule is COc1ccc([C@H]2CC[C@H](CN(c3cccc(-c4cnn(C5CC5)c4)c3)C(=O)[C@H]3CC[C@H](OC(=O)N4CC(O)C4)CC3)CC2)nc1C. The van der Waals surface area contributed by atoms with Crippen molar-refractivity contribution in [2.75, 3.05) is 31.6 Å². The van der Waals surface area contributed by atoms with Crippen LogP contribution in [-0.4, -0.2) is 75.7 Å². The number of benzene rings is 1. The Morgan fingerprint density at radius 2 is 1.72 bits per heavy atom. The number of hydrogen-bond donors (Lipinski definition) is 1. The molecular weight excluding hydrogens is 594 g/mol. The first-order valence-electron chi connectivity index (χ1n) is 17.5. The predicted molar refractivity (Wildman–Crippen MR) is 178 cm³/mol. The number of carbonyl (C=O) groups is 2. The summed E-state index contributed by atoms with van der Waals surface area (Å²) in [5.41, 5.74) is 5.15. The van der Waals surface area contributed by atoms with Crippen molar-refractivity contribution in [1.29, 1.82) is 0 Å². The van der Waals surface area contributed by atoms with Gasteiger partial charge in [-0.15, -0.1) is 0 Å². The van der Waals surface area contributed by atoms with Crippen molar-refractivity contribution in [2.24, 2.45) is 11.8 Å². The number of β-amino-alcohol motifs (C(OH)–C–C–N with tert-alkyl or cyclic N) is 1. The highest BCUT2D eigenvalue weighted by Gasteiger charge is 2.36. The Morgan fingerprint density at radius 3 is 2.40 bits per heavy atom. The number of hydrogen-bond acceptors (Lipinski definition) is 7. The Bertz CT molecular complexity index is 1560. The molecule has 10 nitrogen and oxygen atoms in total. The Hall–Kier alpha value is -3.92. The number of aliphatic hydroxyl groups excluding tert-OH is 1. The van der Waals surface area contributed by atoms with Crippen molar-refractivity contribution < 1.29 is 24.2 Å². The summed E-state index contributed by atoms with van der Waals surface area (Å²) in [6.45, 7) is 3.36. The van der Waals surface area contributed by atoms with Crippen LogP contribution in [0.25, 0.3) is 11.1 Å². The molecule has 7 rings (SSSR count). The van der Waals surface area contributed by atoms with Gasteiger partial charge in [-0.1, -0.05) is 12.1 Å². The fraction of sp³-hybridized carbons (Fsp3) is 0.568. The second-order valence-electron chi connectivity index (χ2n) is 14.1. The maximum Gasteiger partial charge on any atom is 0.410 e. The van der Waals surface area contributed by atoms with Gasteiger partial charge in [-0.25, -0.2) is 4.79 Å². The normalized spacial score (nSPS) is 24.8. The second kappa shape index (κ2) is 13.7. The number of anilines is 1. The van der Waals surface area contributed by atoms with Crippen LogP contribution in [0.4, 0.5) is 10.5 Å². The van der Waals surface area contributed by atoms with Gasteiger partial charge in [0, 0.05) is 41.5 Å². The summed E-state index contributed by atoms with van der Waals surface area (Å²) in [6.07, 6.45) is 12.4. The molecule has 10 heteroatoms. The third-order valence-electron chi connectivity index (χ3n) is 10.7. The maximum absolute atomic E-state index is 14.4. The van der Waals surface area contributed by atoms with E-state index in [1.54, 1.807) is 7.11 Å². The van der Waals surface area contributed by atoms with Crippen LogP contribution in [0.2, 0.25) is 0 Å². The number of rotatable bonds is 9. The van der Waals surface area contributed by atoms with E-state index in [-0.39, 0.29) is 24.0 Å². The number of likely N-dealkylation sites (tertiary alicyclic amines) is 1. The molecule has 3 heterocycles. The zero-order chi connectivity index (χ0) is 32.5. The van der Waals surface area contributed by atoms with E-state index in [4.69, 9.17) is 14.5 Å². The summed E-state index contributed by atoms with van der Waals surface area (Å²) in [6, 6.07) is 13.0. The summed E-state index contributed by atoms with van der Waals surface area (Å²) in [7, 11) is 1.68. The lowest BCUT2D eigenvalue weighted by Crippen LogP contribution is -2.54. The van der Waals surface area contributed by atoms with E-state index in [1.807, 2.05) is 24.1 Å². The fourth-order valence-corrected chi connectivity index (χ4v) is 7.58. The minimum atomic E-state index is -0.451. The Kier molecular flexibility index (Phi) is 9.21. The fourth-order valence-electron chi connectivity index (χ4n) is 7.58. The van der Waals surface area contributed by atoms with Crippen LogP contribution in [-0.2, 0) is 9.53 Å². The van der Waals surface area contributed by atoms with Gasteiger partial charge in [0.15, 0.2) is 0 Å². The zero-order valence-electron chi connectivity index (χ0n) is 27.6. The summed E-state index contributed by atoms with van der Waals surface area (Å²) in [5.74, 6) is 1.70. The molecule has 2 amide bonds. The van der Waals surface area contributed by atoms with Gasteiger partial charge in [-0.3, -0.25) is 14.5 Å². The van der Waals surface area contributed by atoms with E-state index >= 15 is 0 Å². The minimum absolute atomic E-state index is 0.111. The standard InChI is InChI=1S/C37H47N5O5/c1-24-35(46-2)17-16-34(39-24)26-8-6-25(7-9-26)20-41(31-5-3-4-28(18-31)29-19-38-42(21-29)30-12-13-30)36(44)27-10-14-33(15-11-27)47-37(45)40-22-32(43)23-40/h3-5,16-19,21,25-27,30,32-33,43H,6-15,20,22-23H2,1-2H3/t25-,26-,27-,33-. The van der Waals surface area contributed by atoms with Crippen LogP contribution >= 0.6 is 0 Å². The number of aliphatic hydroxyl groups is 1. The molecule has 250 valence electrons. The molecule has 1 N–H and O–H groups in total. The summed E-state index contributed by atoms with van der Waals surface area (Å²) in [4.78, 5) is 35.2. The molecule has 3 saturated carbocycles. The molecule has 3 aromatic rings. The van der Waals surface area contributed by atoms with Gasteiger partial charge in [-0.2, -0.15) is 5.10 Å². The number of aromatic nitrogens is 3. The average molecular weight is 642 g/mol. The summed E-state index contributed by atoms with van der Waals surface area (Å²) >= 11 is 0. The zero-order valence-corrected chi connectivity index (χ0v) is 27.6. The van der Waals surface area contributed by atoms with Gasteiger partial charge < -0.3 is 24.4 Å². The molecule has 1 saturated heterocycles. The highest BCUT2D eigenvalue weighted by Crippen LogP contribution is 2.39. The van der Waals surface area contributed by atoms with E-state index < -0.39 is 6.10 Å². The average Bonchev–Trinajstić information content (AvgIpc) is 3.81. The highest BCUT2D eigenvalue weighted by molar-refractivity contribution is 5.95. The first-order chi connectivity index (χ1) is 22.8. The largest absolute Gasteiger partial charge is 0.495 e. The maximum atomic E-state index is 14.4. The molecule has 1 aliphatic heterocycles. The first-order valence-corrected chi connectivity index (χ1v) is 17.5. The van der Waals surface area contributed by atoms with Gasteiger partial charge in [0.1, 0.15) is 11.9 Å². The van der Waals surface area contributed by atoms with Crippen LogP contribution in [0.15, 0.2) is 48.8 Å². The molecule has 4 fully saturated rings. The lowest BCUT2D eigenvalue weighted by atomic mass is 9.79. The molecule has 2 aromatic heterocycles. The van der Waals surface area contributed by atoms with Gasteiger partial charge >= 0.3 is 6.09 Å². The quantitative estimate of drug-likeness (QED) is 0.293. The molecule has 0 radical (unpaired) electrons. The summed E-state index contributed by atoms with van der Waals surface area (Å²) in [5, 5.41) is 14.1. The molecular formula is C37H47N5O5. The van der Waals surface area contributed by atoms with Crippen LogP contribution in [0.3, 0.4) is 0 Å². The van der Waals surface area contributed by atoms with Crippen LogP contribution in [0.1, 0.15) is 87.6 Å². The van der Waals surface area contributed by atoms with Crippen molar-refractivity contribution in [2.45, 2.75) is 95.3 Å². The third kappa shape index (κ3) is 7.17. The molecule has 3 aliphatic carbocycles. The number of aryl methyl sites for hydroxylation is 1. The highest BCUT2D eigenvalue weighted by atomic mass is 16.6. The number of amides is 2. The molecule has 0 bridgehead atoms.